The normalized spacial score (nSPS) is 15.8. The average molecular weight is 297 g/mol. The standard InChI is InChI=1S/C17H23N5/c1-14-8-11-22(12-9-14)16-13-19-21-17(20-16)18-10-7-15-5-3-2-4-6-15/h2-6,13-14H,7-12H2,1H3,(H,18,20,21). The zero-order valence-electron chi connectivity index (χ0n) is 13.1. The van der Waals surface area contributed by atoms with Crippen molar-refractivity contribution in [2.45, 2.75) is 26.2 Å². The van der Waals surface area contributed by atoms with E-state index >= 15 is 0 Å². The molecule has 2 aromatic rings. The fourth-order valence-corrected chi connectivity index (χ4v) is 2.72. The Hall–Kier alpha value is -2.17. The van der Waals surface area contributed by atoms with Crippen LogP contribution in [0.4, 0.5) is 11.8 Å². The van der Waals surface area contributed by atoms with Crippen LogP contribution in [0.15, 0.2) is 36.5 Å². The minimum absolute atomic E-state index is 0.618. The summed E-state index contributed by atoms with van der Waals surface area (Å²) < 4.78 is 0. The summed E-state index contributed by atoms with van der Waals surface area (Å²) in [7, 11) is 0. The summed E-state index contributed by atoms with van der Waals surface area (Å²) >= 11 is 0. The number of hydrogen-bond acceptors (Lipinski definition) is 5. The Kier molecular flexibility index (Phi) is 4.83. The van der Waals surface area contributed by atoms with E-state index in [0.29, 0.717) is 5.95 Å². The van der Waals surface area contributed by atoms with Gasteiger partial charge in [0.1, 0.15) is 0 Å². The summed E-state index contributed by atoms with van der Waals surface area (Å²) in [5.74, 6) is 2.37. The third kappa shape index (κ3) is 3.93. The number of hydrogen-bond donors (Lipinski definition) is 1. The second-order valence-electron chi connectivity index (χ2n) is 5.97. The van der Waals surface area contributed by atoms with Gasteiger partial charge in [-0.3, -0.25) is 0 Å². The first-order valence-corrected chi connectivity index (χ1v) is 8.04. The lowest BCUT2D eigenvalue weighted by Gasteiger charge is -2.30. The zero-order chi connectivity index (χ0) is 15.2. The Morgan fingerprint density at radius 2 is 1.95 bits per heavy atom. The molecule has 0 bridgehead atoms. The van der Waals surface area contributed by atoms with Crippen LogP contribution >= 0.6 is 0 Å². The quantitative estimate of drug-likeness (QED) is 0.919. The van der Waals surface area contributed by atoms with E-state index in [-0.39, 0.29) is 0 Å². The van der Waals surface area contributed by atoms with Crippen LogP contribution in [0.1, 0.15) is 25.3 Å². The molecular weight excluding hydrogens is 274 g/mol. The fourth-order valence-electron chi connectivity index (χ4n) is 2.72. The minimum atomic E-state index is 0.618. The van der Waals surface area contributed by atoms with Gasteiger partial charge in [-0.25, -0.2) is 0 Å². The summed E-state index contributed by atoms with van der Waals surface area (Å²) in [4.78, 5) is 6.90. The molecule has 1 aromatic carbocycles. The first-order valence-electron chi connectivity index (χ1n) is 8.04. The lowest BCUT2D eigenvalue weighted by atomic mass is 9.99. The maximum Gasteiger partial charge on any atom is 0.244 e. The van der Waals surface area contributed by atoms with E-state index in [4.69, 9.17) is 0 Å². The predicted octanol–water partition coefficient (Wildman–Crippen LogP) is 2.76. The first-order chi connectivity index (χ1) is 10.8. The summed E-state index contributed by atoms with van der Waals surface area (Å²) in [5.41, 5.74) is 1.31. The molecule has 0 atom stereocenters. The summed E-state index contributed by atoms with van der Waals surface area (Å²) in [6.45, 7) is 5.24. The molecule has 116 valence electrons. The zero-order valence-corrected chi connectivity index (χ0v) is 13.1. The maximum atomic E-state index is 4.59. The largest absolute Gasteiger partial charge is 0.355 e. The van der Waals surface area contributed by atoms with Crippen molar-refractivity contribution >= 4 is 11.8 Å². The van der Waals surface area contributed by atoms with Crippen LogP contribution in [-0.2, 0) is 6.42 Å². The lowest BCUT2D eigenvalue weighted by Crippen LogP contribution is -2.33. The Morgan fingerprint density at radius 1 is 1.18 bits per heavy atom. The number of piperidine rings is 1. The van der Waals surface area contributed by atoms with Crippen molar-refractivity contribution in [3.8, 4) is 0 Å². The first kappa shape index (κ1) is 14.8. The highest BCUT2D eigenvalue weighted by atomic mass is 15.3. The molecule has 1 fully saturated rings. The molecule has 5 heteroatoms. The number of rotatable bonds is 5. The molecular formula is C17H23N5. The van der Waals surface area contributed by atoms with Crippen molar-refractivity contribution in [1.82, 2.24) is 15.2 Å². The second kappa shape index (κ2) is 7.20. The molecule has 5 nitrogen and oxygen atoms in total. The van der Waals surface area contributed by atoms with E-state index in [1.54, 1.807) is 6.20 Å². The summed E-state index contributed by atoms with van der Waals surface area (Å²) in [5, 5.41) is 11.4. The molecule has 1 saturated heterocycles. The van der Waals surface area contributed by atoms with Gasteiger partial charge < -0.3 is 10.2 Å². The topological polar surface area (TPSA) is 53.9 Å². The molecule has 0 saturated carbocycles. The van der Waals surface area contributed by atoms with Crippen LogP contribution < -0.4 is 10.2 Å². The number of benzene rings is 1. The van der Waals surface area contributed by atoms with Gasteiger partial charge in [-0.05, 0) is 30.7 Å². The third-order valence-electron chi connectivity index (χ3n) is 4.19. The van der Waals surface area contributed by atoms with Crippen LogP contribution in [0.5, 0.6) is 0 Å². The molecule has 1 aliphatic heterocycles. The number of nitrogens with one attached hydrogen (secondary N) is 1. The van der Waals surface area contributed by atoms with E-state index in [1.807, 2.05) is 6.07 Å². The van der Waals surface area contributed by atoms with Gasteiger partial charge in [0.05, 0.1) is 6.20 Å². The highest BCUT2D eigenvalue weighted by Gasteiger charge is 2.17. The van der Waals surface area contributed by atoms with Crippen LogP contribution in [0.25, 0.3) is 0 Å². The van der Waals surface area contributed by atoms with Crippen molar-refractivity contribution < 1.29 is 0 Å². The highest BCUT2D eigenvalue weighted by Crippen LogP contribution is 2.20. The summed E-state index contributed by atoms with van der Waals surface area (Å²) in [6.07, 6.45) is 5.16. The average Bonchev–Trinajstić information content (AvgIpc) is 2.57. The number of aromatic nitrogens is 3. The summed E-state index contributed by atoms with van der Waals surface area (Å²) in [6, 6.07) is 10.4. The highest BCUT2D eigenvalue weighted by molar-refractivity contribution is 5.40. The van der Waals surface area contributed by atoms with Gasteiger partial charge in [-0.2, -0.15) is 10.1 Å². The van der Waals surface area contributed by atoms with Crippen molar-refractivity contribution in [2.24, 2.45) is 5.92 Å². The maximum absolute atomic E-state index is 4.59. The minimum Gasteiger partial charge on any atom is -0.355 e. The lowest BCUT2D eigenvalue weighted by molar-refractivity contribution is 0.436. The molecule has 0 spiro atoms. The Morgan fingerprint density at radius 3 is 2.73 bits per heavy atom. The van der Waals surface area contributed by atoms with Crippen LogP contribution in [0.2, 0.25) is 0 Å². The van der Waals surface area contributed by atoms with E-state index in [0.717, 1.165) is 37.8 Å². The van der Waals surface area contributed by atoms with E-state index in [9.17, 15) is 0 Å². The molecule has 22 heavy (non-hydrogen) atoms. The van der Waals surface area contributed by atoms with Gasteiger partial charge in [0.25, 0.3) is 0 Å². The van der Waals surface area contributed by atoms with Gasteiger partial charge >= 0.3 is 0 Å². The molecule has 0 unspecified atom stereocenters. The van der Waals surface area contributed by atoms with Gasteiger partial charge in [0.15, 0.2) is 5.82 Å². The van der Waals surface area contributed by atoms with Gasteiger partial charge in [-0.1, -0.05) is 37.3 Å². The molecule has 1 aliphatic rings. The van der Waals surface area contributed by atoms with Gasteiger partial charge in [-0.15, -0.1) is 5.10 Å². The van der Waals surface area contributed by atoms with Crippen molar-refractivity contribution in [3.05, 3.63) is 42.1 Å². The number of nitrogens with zero attached hydrogens (tertiary/aromatic N) is 4. The van der Waals surface area contributed by atoms with Crippen LogP contribution in [0.3, 0.4) is 0 Å². The molecule has 3 rings (SSSR count). The molecule has 1 N–H and O–H groups in total. The third-order valence-corrected chi connectivity index (χ3v) is 4.19. The van der Waals surface area contributed by atoms with Crippen molar-refractivity contribution in [1.29, 1.82) is 0 Å². The SMILES string of the molecule is CC1CCN(c2cnnc(NCCc3ccccc3)n2)CC1. The predicted molar refractivity (Wildman–Crippen MR) is 89.1 cm³/mol. The molecule has 0 aliphatic carbocycles. The van der Waals surface area contributed by atoms with Gasteiger partial charge in [0.2, 0.25) is 5.95 Å². The number of anilines is 2. The molecule has 0 amide bonds. The van der Waals surface area contributed by atoms with Crippen LogP contribution in [0, 0.1) is 5.92 Å². The Labute approximate surface area is 131 Å². The van der Waals surface area contributed by atoms with E-state index < -0.39 is 0 Å². The van der Waals surface area contributed by atoms with E-state index in [2.05, 4.69) is 56.6 Å². The smallest absolute Gasteiger partial charge is 0.244 e. The van der Waals surface area contributed by atoms with Crippen LogP contribution in [-0.4, -0.2) is 34.8 Å². The molecule has 2 heterocycles. The molecule has 1 aromatic heterocycles. The Bertz CT molecular complexity index is 579. The van der Waals surface area contributed by atoms with E-state index in [1.165, 1.54) is 18.4 Å². The van der Waals surface area contributed by atoms with Crippen molar-refractivity contribution in [2.75, 3.05) is 29.9 Å². The second-order valence-corrected chi connectivity index (χ2v) is 5.97. The fraction of sp³-hybridized carbons (Fsp3) is 0.471. The monoisotopic (exact) mass is 297 g/mol. The molecule has 0 radical (unpaired) electrons. The van der Waals surface area contributed by atoms with Crippen molar-refractivity contribution in [3.63, 3.8) is 0 Å². The van der Waals surface area contributed by atoms with Gasteiger partial charge in [0, 0.05) is 19.6 Å². The Balaban J connectivity index is 1.55.